The number of nitrogens with zero attached hydrogens (tertiary/aromatic N) is 4. The van der Waals surface area contributed by atoms with E-state index in [1.807, 2.05) is 48.7 Å². The summed E-state index contributed by atoms with van der Waals surface area (Å²) in [4.78, 5) is 28.0. The van der Waals surface area contributed by atoms with Crippen molar-refractivity contribution in [3.05, 3.63) is 71.3 Å². The molecular formula is C35H42N4O5S3. The number of amides is 1. The summed E-state index contributed by atoms with van der Waals surface area (Å²) >= 11 is 6.89. The fraction of sp³-hybridized carbons (Fsp3) is 0.429. The normalized spacial score (nSPS) is 17.1. The first kappa shape index (κ1) is 35.0. The average molecular weight is 695 g/mol. The van der Waals surface area contributed by atoms with Crippen LogP contribution in [0.1, 0.15) is 70.8 Å². The molecule has 0 saturated carbocycles. The van der Waals surface area contributed by atoms with Gasteiger partial charge in [0.05, 0.1) is 28.0 Å². The first-order valence-electron chi connectivity index (χ1n) is 16.4. The molecule has 2 aliphatic heterocycles. The smallest absolute Gasteiger partial charge is 0.309 e. The van der Waals surface area contributed by atoms with Crippen molar-refractivity contribution in [3.8, 4) is 16.9 Å². The minimum Gasteiger partial charge on any atom is -0.466 e. The fourth-order valence-electron chi connectivity index (χ4n) is 5.86. The molecule has 3 aromatic rings. The molecule has 2 aliphatic rings. The van der Waals surface area contributed by atoms with E-state index in [4.69, 9.17) is 22.1 Å². The van der Waals surface area contributed by atoms with Crippen LogP contribution in [0.4, 0.5) is 0 Å². The molecule has 0 aliphatic carbocycles. The molecule has 9 nitrogen and oxygen atoms in total. The van der Waals surface area contributed by atoms with E-state index in [0.717, 1.165) is 24.9 Å². The van der Waals surface area contributed by atoms with E-state index in [-0.39, 0.29) is 35.8 Å². The third-order valence-electron chi connectivity index (χ3n) is 8.48. The first-order valence-corrected chi connectivity index (χ1v) is 19.1. The van der Waals surface area contributed by atoms with E-state index < -0.39 is 10.0 Å². The second-order valence-electron chi connectivity index (χ2n) is 11.8. The number of piperidine rings is 1. The SMILES string of the molecule is CCCCCCCCN1C(=O)C(=Cc2cn(-c3ccccc3)nc2-c2cccc(S(=O)(=O)N3CCC(C(=O)OCC)CC3)c2)SC1=S. The Balaban J connectivity index is 1.40. The van der Waals surface area contributed by atoms with Gasteiger partial charge in [-0.25, -0.2) is 13.1 Å². The standard InChI is InChI=1S/C35H42N4O5S3/c1-3-5-6-7-8-12-20-38-33(40)31(46-35(38)45)24-28-25-39(29-15-10-9-11-16-29)36-32(28)27-14-13-17-30(23-27)47(42,43)37-21-18-26(19-22-37)34(41)44-4-2/h9-11,13-17,23-26H,3-8,12,18-22H2,1-2H3. The number of esters is 1. The number of thioether (sulfide) groups is 1. The van der Waals surface area contributed by atoms with Gasteiger partial charge in [0.25, 0.3) is 5.91 Å². The third kappa shape index (κ3) is 8.40. The van der Waals surface area contributed by atoms with Crippen LogP contribution >= 0.6 is 24.0 Å². The minimum absolute atomic E-state index is 0.116. The number of benzene rings is 2. The molecule has 3 heterocycles. The summed E-state index contributed by atoms with van der Waals surface area (Å²) in [6, 6.07) is 16.4. The molecule has 12 heteroatoms. The Bertz CT molecular complexity index is 1710. The Hall–Kier alpha value is -3.32. The number of para-hydroxylation sites is 1. The summed E-state index contributed by atoms with van der Waals surface area (Å²) in [5.74, 6) is -0.682. The van der Waals surface area contributed by atoms with E-state index >= 15 is 0 Å². The molecule has 0 unspecified atom stereocenters. The Morgan fingerprint density at radius 3 is 2.47 bits per heavy atom. The quantitative estimate of drug-likeness (QED) is 0.0765. The lowest BCUT2D eigenvalue weighted by Gasteiger charge is -2.30. The summed E-state index contributed by atoms with van der Waals surface area (Å²) in [5, 5.41) is 4.87. The van der Waals surface area contributed by atoms with Gasteiger partial charge in [0, 0.05) is 37.0 Å². The summed E-state index contributed by atoms with van der Waals surface area (Å²) in [6.07, 6.45) is 11.2. The Labute approximate surface area is 287 Å². The van der Waals surface area contributed by atoms with Crippen LogP contribution in [0.25, 0.3) is 23.0 Å². The number of carbonyl (C=O) groups is 2. The average Bonchev–Trinajstić information content (AvgIpc) is 3.63. The number of rotatable bonds is 14. The van der Waals surface area contributed by atoms with E-state index in [9.17, 15) is 18.0 Å². The topological polar surface area (TPSA) is 102 Å². The van der Waals surface area contributed by atoms with Crippen molar-refractivity contribution in [2.75, 3.05) is 26.2 Å². The van der Waals surface area contributed by atoms with Crippen LogP contribution in [0.5, 0.6) is 0 Å². The third-order valence-corrected chi connectivity index (χ3v) is 11.8. The molecule has 0 atom stereocenters. The molecule has 5 rings (SSSR count). The van der Waals surface area contributed by atoms with Gasteiger partial charge in [-0.1, -0.05) is 93.3 Å². The zero-order valence-corrected chi connectivity index (χ0v) is 29.4. The minimum atomic E-state index is -3.83. The van der Waals surface area contributed by atoms with Crippen molar-refractivity contribution in [3.63, 3.8) is 0 Å². The van der Waals surface area contributed by atoms with Crippen LogP contribution in [0.2, 0.25) is 0 Å². The highest BCUT2D eigenvalue weighted by molar-refractivity contribution is 8.26. The lowest BCUT2D eigenvalue weighted by Crippen LogP contribution is -2.40. The van der Waals surface area contributed by atoms with Crippen LogP contribution in [0.15, 0.2) is 70.6 Å². The number of hydrogen-bond donors (Lipinski definition) is 0. The van der Waals surface area contributed by atoms with Gasteiger partial charge in [-0.15, -0.1) is 0 Å². The maximum absolute atomic E-state index is 13.7. The van der Waals surface area contributed by atoms with Crippen molar-refractivity contribution < 1.29 is 22.7 Å². The highest BCUT2D eigenvalue weighted by atomic mass is 32.2. The largest absolute Gasteiger partial charge is 0.466 e. The van der Waals surface area contributed by atoms with E-state index in [1.54, 1.807) is 34.7 Å². The predicted octanol–water partition coefficient (Wildman–Crippen LogP) is 7.06. The van der Waals surface area contributed by atoms with Crippen molar-refractivity contribution in [1.29, 1.82) is 0 Å². The number of thiocarbonyl (C=S) groups is 1. The molecule has 0 N–H and O–H groups in total. The van der Waals surface area contributed by atoms with Crippen LogP contribution in [-0.2, 0) is 24.3 Å². The fourth-order valence-corrected chi connectivity index (χ4v) is 8.67. The van der Waals surface area contributed by atoms with Crippen LogP contribution in [-0.4, -0.2) is 69.8 Å². The highest BCUT2D eigenvalue weighted by Gasteiger charge is 2.34. The predicted molar refractivity (Wildman–Crippen MR) is 190 cm³/mol. The lowest BCUT2D eigenvalue weighted by atomic mass is 9.98. The van der Waals surface area contributed by atoms with Crippen LogP contribution in [0.3, 0.4) is 0 Å². The Morgan fingerprint density at radius 2 is 1.74 bits per heavy atom. The summed E-state index contributed by atoms with van der Waals surface area (Å²) in [5.41, 5.74) is 2.67. The Morgan fingerprint density at radius 1 is 1.02 bits per heavy atom. The molecular weight excluding hydrogens is 653 g/mol. The molecule has 0 spiro atoms. The molecule has 2 saturated heterocycles. The second kappa shape index (κ2) is 16.2. The summed E-state index contributed by atoms with van der Waals surface area (Å²) in [7, 11) is -3.83. The van der Waals surface area contributed by atoms with E-state index in [0.29, 0.717) is 52.0 Å². The maximum atomic E-state index is 13.7. The zero-order valence-electron chi connectivity index (χ0n) is 27.0. The highest BCUT2D eigenvalue weighted by Crippen LogP contribution is 2.36. The maximum Gasteiger partial charge on any atom is 0.309 e. The van der Waals surface area contributed by atoms with E-state index in [2.05, 4.69) is 6.92 Å². The van der Waals surface area contributed by atoms with Gasteiger partial charge < -0.3 is 4.74 Å². The molecule has 250 valence electrons. The van der Waals surface area contributed by atoms with Gasteiger partial charge in [0.15, 0.2) is 0 Å². The molecule has 1 amide bonds. The zero-order chi connectivity index (χ0) is 33.4. The number of sulfonamides is 1. The van der Waals surface area contributed by atoms with Crippen LogP contribution < -0.4 is 0 Å². The van der Waals surface area contributed by atoms with Crippen molar-refractivity contribution in [2.45, 2.75) is 70.1 Å². The van der Waals surface area contributed by atoms with Crippen molar-refractivity contribution in [1.82, 2.24) is 19.0 Å². The lowest BCUT2D eigenvalue weighted by molar-refractivity contribution is -0.149. The second-order valence-corrected chi connectivity index (χ2v) is 15.4. The first-order chi connectivity index (χ1) is 22.7. The van der Waals surface area contributed by atoms with Gasteiger partial charge in [-0.2, -0.15) is 9.40 Å². The summed E-state index contributed by atoms with van der Waals surface area (Å²) < 4.78 is 36.3. The number of carbonyl (C=O) groups excluding carboxylic acids is 2. The van der Waals surface area contributed by atoms with Gasteiger partial charge >= 0.3 is 5.97 Å². The van der Waals surface area contributed by atoms with Gasteiger partial charge in [-0.3, -0.25) is 14.5 Å². The van der Waals surface area contributed by atoms with Gasteiger partial charge in [0.2, 0.25) is 10.0 Å². The molecule has 2 fully saturated rings. The monoisotopic (exact) mass is 694 g/mol. The molecule has 0 radical (unpaired) electrons. The van der Waals surface area contributed by atoms with Gasteiger partial charge in [0.1, 0.15) is 10.0 Å². The number of ether oxygens (including phenoxy) is 1. The van der Waals surface area contributed by atoms with Gasteiger partial charge in [-0.05, 0) is 56.5 Å². The number of aromatic nitrogens is 2. The molecule has 1 aromatic heterocycles. The van der Waals surface area contributed by atoms with E-state index in [1.165, 1.54) is 35.3 Å². The molecule has 2 aromatic carbocycles. The van der Waals surface area contributed by atoms with Crippen molar-refractivity contribution in [2.24, 2.45) is 5.92 Å². The molecule has 47 heavy (non-hydrogen) atoms. The van der Waals surface area contributed by atoms with Crippen molar-refractivity contribution >= 4 is 56.3 Å². The number of hydrogen-bond acceptors (Lipinski definition) is 8. The molecule has 0 bridgehead atoms. The Kier molecular flexibility index (Phi) is 12.1. The number of unbranched alkanes of at least 4 members (excludes halogenated alkanes) is 5. The van der Waals surface area contributed by atoms with Crippen LogP contribution in [0, 0.1) is 5.92 Å². The summed E-state index contributed by atoms with van der Waals surface area (Å²) in [6.45, 7) is 5.34.